The Kier molecular flexibility index (Phi) is 6.26. The minimum Gasteiger partial charge on any atom is -0.478 e. The summed E-state index contributed by atoms with van der Waals surface area (Å²) in [4.78, 5) is 17.4. The molecule has 2 N–H and O–H groups in total. The van der Waals surface area contributed by atoms with Crippen LogP contribution in [0.25, 0.3) is 0 Å². The smallest absolute Gasteiger partial charge is 0.335 e. The molecule has 122 valence electrons. The van der Waals surface area contributed by atoms with Gasteiger partial charge in [0, 0.05) is 25.3 Å². The summed E-state index contributed by atoms with van der Waals surface area (Å²) in [6.45, 7) is 3.40. The first-order chi connectivity index (χ1) is 11.1. The molecule has 1 atom stereocenters. The van der Waals surface area contributed by atoms with Crippen LogP contribution in [0, 0.1) is 0 Å². The van der Waals surface area contributed by atoms with E-state index in [2.05, 4.69) is 9.88 Å². The molecule has 0 radical (unpaired) electrons. The first kappa shape index (κ1) is 17.1. The van der Waals surface area contributed by atoms with Gasteiger partial charge in [-0.3, -0.25) is 9.88 Å². The molecule has 5 nitrogen and oxygen atoms in total. The highest BCUT2D eigenvalue weighted by molar-refractivity contribution is 5.87. The number of nitrogens with zero attached hydrogens (tertiary/aromatic N) is 2. The number of aliphatic hydroxyl groups is 1. The fourth-order valence-electron chi connectivity index (χ4n) is 2.50. The summed E-state index contributed by atoms with van der Waals surface area (Å²) in [5, 5.41) is 18.6. The van der Waals surface area contributed by atoms with Crippen LogP contribution < -0.4 is 0 Å². The fraction of sp³-hybridized carbons (Fsp3) is 0.333. The molecule has 0 fully saturated rings. The molecule has 0 spiro atoms. The van der Waals surface area contributed by atoms with E-state index in [1.54, 1.807) is 18.3 Å². The molecule has 1 heterocycles. The molecule has 2 aromatic rings. The monoisotopic (exact) mass is 314 g/mol. The van der Waals surface area contributed by atoms with Gasteiger partial charge in [0.15, 0.2) is 0 Å². The Hall–Kier alpha value is -2.24. The molecule has 5 heteroatoms. The highest BCUT2D eigenvalue weighted by Crippen LogP contribution is 2.15. The Morgan fingerprint density at radius 3 is 2.43 bits per heavy atom. The molecule has 1 unspecified atom stereocenters. The van der Waals surface area contributed by atoms with Gasteiger partial charge in [-0.05, 0) is 36.2 Å². The number of carboxylic acids is 1. The lowest BCUT2D eigenvalue weighted by molar-refractivity contribution is 0.0697. The van der Waals surface area contributed by atoms with E-state index < -0.39 is 5.97 Å². The van der Waals surface area contributed by atoms with Gasteiger partial charge in [-0.15, -0.1) is 0 Å². The van der Waals surface area contributed by atoms with Gasteiger partial charge in [0.2, 0.25) is 0 Å². The predicted octanol–water partition coefficient (Wildman–Crippen LogP) is 2.55. The zero-order chi connectivity index (χ0) is 16.7. The van der Waals surface area contributed by atoms with Gasteiger partial charge in [-0.2, -0.15) is 0 Å². The second-order valence-electron chi connectivity index (χ2n) is 5.47. The summed E-state index contributed by atoms with van der Waals surface area (Å²) < 4.78 is 0. The van der Waals surface area contributed by atoms with Gasteiger partial charge in [0.1, 0.15) is 0 Å². The SMILES string of the molecule is CCC(CO)N(Cc1ccc(C(=O)O)cc1)Cc1ccccn1. The molecule has 0 aliphatic carbocycles. The second-order valence-corrected chi connectivity index (χ2v) is 5.47. The largest absolute Gasteiger partial charge is 0.478 e. The fourth-order valence-corrected chi connectivity index (χ4v) is 2.50. The van der Waals surface area contributed by atoms with Crippen LogP contribution in [-0.4, -0.2) is 38.7 Å². The summed E-state index contributed by atoms with van der Waals surface area (Å²) >= 11 is 0. The molecule has 0 saturated heterocycles. The third-order valence-corrected chi connectivity index (χ3v) is 3.88. The van der Waals surface area contributed by atoms with Crippen LogP contribution in [0.4, 0.5) is 0 Å². The van der Waals surface area contributed by atoms with Crippen LogP contribution >= 0.6 is 0 Å². The van der Waals surface area contributed by atoms with Crippen molar-refractivity contribution in [3.8, 4) is 0 Å². The molecular weight excluding hydrogens is 292 g/mol. The summed E-state index contributed by atoms with van der Waals surface area (Å²) in [7, 11) is 0. The Morgan fingerprint density at radius 2 is 1.91 bits per heavy atom. The van der Waals surface area contributed by atoms with Crippen LogP contribution in [0.15, 0.2) is 48.7 Å². The topological polar surface area (TPSA) is 73.7 Å². The van der Waals surface area contributed by atoms with E-state index in [1.807, 2.05) is 37.3 Å². The number of benzene rings is 1. The lowest BCUT2D eigenvalue weighted by Gasteiger charge is -2.29. The van der Waals surface area contributed by atoms with E-state index in [1.165, 1.54) is 0 Å². The molecule has 0 saturated carbocycles. The number of carbonyl (C=O) groups is 1. The normalized spacial score (nSPS) is 12.3. The van der Waals surface area contributed by atoms with Crippen LogP contribution in [0.2, 0.25) is 0 Å². The minimum absolute atomic E-state index is 0.0381. The van der Waals surface area contributed by atoms with E-state index in [-0.39, 0.29) is 18.2 Å². The van der Waals surface area contributed by atoms with Crippen LogP contribution in [0.5, 0.6) is 0 Å². The van der Waals surface area contributed by atoms with E-state index in [9.17, 15) is 9.90 Å². The predicted molar refractivity (Wildman–Crippen MR) is 88.1 cm³/mol. The summed E-state index contributed by atoms with van der Waals surface area (Å²) in [5.74, 6) is -0.927. The van der Waals surface area contributed by atoms with Crippen molar-refractivity contribution in [2.75, 3.05) is 6.61 Å². The zero-order valence-electron chi connectivity index (χ0n) is 13.2. The molecule has 1 aromatic carbocycles. The molecule has 0 aliphatic heterocycles. The van der Waals surface area contributed by atoms with Crippen molar-refractivity contribution in [1.29, 1.82) is 0 Å². The van der Waals surface area contributed by atoms with Crippen molar-refractivity contribution < 1.29 is 15.0 Å². The van der Waals surface area contributed by atoms with E-state index >= 15 is 0 Å². The Labute approximate surface area is 136 Å². The zero-order valence-corrected chi connectivity index (χ0v) is 13.2. The van der Waals surface area contributed by atoms with Crippen molar-refractivity contribution >= 4 is 5.97 Å². The van der Waals surface area contributed by atoms with Gasteiger partial charge < -0.3 is 10.2 Å². The quantitative estimate of drug-likeness (QED) is 0.783. The number of pyridine rings is 1. The first-order valence-corrected chi connectivity index (χ1v) is 7.71. The molecule has 1 aromatic heterocycles. The third kappa shape index (κ3) is 4.87. The summed E-state index contributed by atoms with van der Waals surface area (Å²) in [6.07, 6.45) is 2.59. The van der Waals surface area contributed by atoms with Gasteiger partial charge in [-0.1, -0.05) is 25.1 Å². The highest BCUT2D eigenvalue weighted by atomic mass is 16.4. The second kappa shape index (κ2) is 8.41. The van der Waals surface area contributed by atoms with E-state index in [0.717, 1.165) is 17.7 Å². The maximum Gasteiger partial charge on any atom is 0.335 e. The third-order valence-electron chi connectivity index (χ3n) is 3.88. The number of hydrogen-bond donors (Lipinski definition) is 2. The molecule has 0 amide bonds. The van der Waals surface area contributed by atoms with Gasteiger partial charge in [0.25, 0.3) is 0 Å². The Balaban J connectivity index is 2.15. The minimum atomic E-state index is -0.927. The van der Waals surface area contributed by atoms with Crippen LogP contribution in [0.3, 0.4) is 0 Å². The lowest BCUT2D eigenvalue weighted by atomic mass is 10.1. The van der Waals surface area contributed by atoms with Crippen molar-refractivity contribution in [2.24, 2.45) is 0 Å². The molecule has 23 heavy (non-hydrogen) atoms. The average molecular weight is 314 g/mol. The molecule has 0 bridgehead atoms. The summed E-state index contributed by atoms with van der Waals surface area (Å²) in [5.41, 5.74) is 2.23. The van der Waals surface area contributed by atoms with E-state index in [0.29, 0.717) is 13.1 Å². The van der Waals surface area contributed by atoms with Crippen molar-refractivity contribution in [3.63, 3.8) is 0 Å². The highest BCUT2D eigenvalue weighted by Gasteiger charge is 2.17. The standard InChI is InChI=1S/C18H22N2O3/c1-2-17(13-21)20(12-16-5-3-4-10-19-16)11-14-6-8-15(9-7-14)18(22)23/h3-10,17,21H,2,11-13H2,1H3,(H,22,23). The van der Waals surface area contributed by atoms with Crippen molar-refractivity contribution in [1.82, 2.24) is 9.88 Å². The van der Waals surface area contributed by atoms with E-state index in [4.69, 9.17) is 5.11 Å². The molecular formula is C18H22N2O3. The number of hydrogen-bond acceptors (Lipinski definition) is 4. The number of rotatable bonds is 8. The van der Waals surface area contributed by atoms with Crippen LogP contribution in [-0.2, 0) is 13.1 Å². The van der Waals surface area contributed by atoms with Crippen molar-refractivity contribution in [3.05, 3.63) is 65.5 Å². The maximum atomic E-state index is 10.9. The van der Waals surface area contributed by atoms with Crippen molar-refractivity contribution in [2.45, 2.75) is 32.5 Å². The number of aromatic carboxylic acids is 1. The lowest BCUT2D eigenvalue weighted by Crippen LogP contribution is -2.36. The maximum absolute atomic E-state index is 10.9. The summed E-state index contributed by atoms with van der Waals surface area (Å²) in [6, 6.07) is 12.7. The number of aromatic nitrogens is 1. The number of carboxylic acid groups (broad SMARTS) is 1. The van der Waals surface area contributed by atoms with Gasteiger partial charge >= 0.3 is 5.97 Å². The van der Waals surface area contributed by atoms with Gasteiger partial charge in [0.05, 0.1) is 17.9 Å². The number of aliphatic hydroxyl groups excluding tert-OH is 1. The molecule has 0 aliphatic rings. The Bertz CT molecular complexity index is 610. The first-order valence-electron chi connectivity index (χ1n) is 7.71. The molecule has 2 rings (SSSR count). The van der Waals surface area contributed by atoms with Gasteiger partial charge in [-0.25, -0.2) is 4.79 Å². The average Bonchev–Trinajstić information content (AvgIpc) is 2.57. The Morgan fingerprint density at radius 1 is 1.17 bits per heavy atom. The van der Waals surface area contributed by atoms with Crippen LogP contribution in [0.1, 0.15) is 35.0 Å².